The molecule has 5 rings (SSSR count). The zero-order valence-electron chi connectivity index (χ0n) is 27.8. The van der Waals surface area contributed by atoms with Gasteiger partial charge in [0.05, 0.1) is 26.4 Å². The van der Waals surface area contributed by atoms with Gasteiger partial charge in [0.15, 0.2) is 23.5 Å². The van der Waals surface area contributed by atoms with Gasteiger partial charge >= 0.3 is 0 Å². The second kappa shape index (κ2) is 14.5. The van der Waals surface area contributed by atoms with E-state index in [1.165, 1.54) is 52.3 Å². The molecule has 0 amide bonds. The minimum Gasteiger partial charge on any atom is -0.507 e. The Hall–Kier alpha value is -3.93. The summed E-state index contributed by atoms with van der Waals surface area (Å²) in [7, 11) is 2.77. The van der Waals surface area contributed by atoms with Gasteiger partial charge in [0, 0.05) is 17.2 Å². The molecule has 3 aromatic rings. The Morgan fingerprint density at radius 2 is 1.47 bits per heavy atom. The first-order chi connectivity index (χ1) is 23.2. The molecule has 15 nitrogen and oxygen atoms in total. The van der Waals surface area contributed by atoms with Crippen LogP contribution in [0.1, 0.15) is 33.3 Å². The molecule has 2 fully saturated rings. The molecule has 2 saturated heterocycles. The van der Waals surface area contributed by atoms with Gasteiger partial charge in [0.25, 0.3) is 0 Å². The van der Waals surface area contributed by atoms with Crippen molar-refractivity contribution in [1.82, 2.24) is 0 Å². The lowest BCUT2D eigenvalue weighted by molar-refractivity contribution is -0.345. The van der Waals surface area contributed by atoms with Crippen molar-refractivity contribution in [3.63, 3.8) is 0 Å². The number of ether oxygens (including phenoxy) is 6. The van der Waals surface area contributed by atoms with Crippen molar-refractivity contribution in [3.05, 3.63) is 51.7 Å². The van der Waals surface area contributed by atoms with Crippen molar-refractivity contribution >= 4 is 11.0 Å². The number of methoxy groups -OCH3 is 2. The van der Waals surface area contributed by atoms with Crippen LogP contribution in [-0.4, -0.2) is 111 Å². The van der Waals surface area contributed by atoms with Gasteiger partial charge in [-0.1, -0.05) is 11.6 Å². The van der Waals surface area contributed by atoms with E-state index >= 15 is 0 Å². The fourth-order valence-electron chi connectivity index (χ4n) is 5.86. The summed E-state index contributed by atoms with van der Waals surface area (Å²) in [5.41, 5.74) is 0.688. The van der Waals surface area contributed by atoms with E-state index in [4.69, 9.17) is 32.8 Å². The van der Waals surface area contributed by atoms with Crippen molar-refractivity contribution in [2.75, 3.05) is 14.2 Å². The molecule has 0 unspecified atom stereocenters. The number of aromatic hydroxyl groups is 2. The predicted molar refractivity (Wildman–Crippen MR) is 172 cm³/mol. The number of phenolic OH excluding ortho intramolecular Hbond substituents is 2. The zero-order valence-corrected chi connectivity index (χ0v) is 27.8. The average molecular weight is 691 g/mol. The van der Waals surface area contributed by atoms with E-state index in [0.717, 1.165) is 5.57 Å². The zero-order chi connectivity index (χ0) is 35.9. The van der Waals surface area contributed by atoms with Gasteiger partial charge in [0.1, 0.15) is 59.1 Å². The molecule has 3 heterocycles. The Labute approximate surface area is 281 Å². The van der Waals surface area contributed by atoms with E-state index in [2.05, 4.69) is 0 Å². The molecule has 1 aromatic heterocycles. The standard InChI is InChI=1S/C34H42O15/c1-13(2)7-9-17-21(44-6)12-19(36)22-24(38)32(30(47-31(17)22)16-8-10-20(43-5)18(35)11-16)49-34-28(42)26(40)29(15(4)46-34)48-33-27(41)25(39)23(37)14(3)45-33/h7-8,10-12,14-15,23,25-29,33-37,39-42H,9H2,1-6H3/t14-,15-,23-,25+,26-,27-,28-,29-,33-,34-/m0/s1. The van der Waals surface area contributed by atoms with Crippen LogP contribution in [-0.2, 0) is 20.6 Å². The van der Waals surface area contributed by atoms with E-state index < -0.39 is 78.3 Å². The van der Waals surface area contributed by atoms with Crippen molar-refractivity contribution < 1.29 is 68.6 Å². The van der Waals surface area contributed by atoms with E-state index in [9.17, 15) is 40.5 Å². The summed E-state index contributed by atoms with van der Waals surface area (Å²) in [6, 6.07) is 5.47. The minimum absolute atomic E-state index is 0.0171. The second-order valence-corrected chi connectivity index (χ2v) is 12.3. The third-order valence-corrected chi connectivity index (χ3v) is 8.65. The van der Waals surface area contributed by atoms with Crippen LogP contribution in [0.2, 0.25) is 0 Å². The lowest BCUT2D eigenvalue weighted by Crippen LogP contribution is -2.63. The summed E-state index contributed by atoms with van der Waals surface area (Å²) in [6.45, 7) is 6.71. The first-order valence-corrected chi connectivity index (χ1v) is 15.6. The summed E-state index contributed by atoms with van der Waals surface area (Å²) < 4.78 is 40.0. The maximum atomic E-state index is 14.2. The minimum atomic E-state index is -1.86. The van der Waals surface area contributed by atoms with E-state index in [-0.39, 0.29) is 46.0 Å². The third-order valence-electron chi connectivity index (χ3n) is 8.65. The molecular weight excluding hydrogens is 648 g/mol. The third kappa shape index (κ3) is 6.93. The molecule has 268 valence electrons. The highest BCUT2D eigenvalue weighted by Gasteiger charge is 2.50. The Bertz CT molecular complexity index is 1750. The molecule has 7 N–H and O–H groups in total. The molecule has 0 spiro atoms. The van der Waals surface area contributed by atoms with E-state index in [1.807, 2.05) is 19.9 Å². The summed E-state index contributed by atoms with van der Waals surface area (Å²) >= 11 is 0. The molecule has 2 aliphatic heterocycles. The molecule has 2 aromatic carbocycles. The second-order valence-electron chi connectivity index (χ2n) is 12.3. The number of aliphatic hydroxyl groups is 5. The molecule has 49 heavy (non-hydrogen) atoms. The fraction of sp³-hybridized carbons (Fsp3) is 0.500. The van der Waals surface area contributed by atoms with E-state index in [1.54, 1.807) is 0 Å². The quantitative estimate of drug-likeness (QED) is 0.158. The van der Waals surface area contributed by atoms with Gasteiger partial charge in [-0.25, -0.2) is 0 Å². The monoisotopic (exact) mass is 690 g/mol. The van der Waals surface area contributed by atoms with Crippen LogP contribution in [0.3, 0.4) is 0 Å². The normalized spacial score (nSPS) is 30.2. The lowest BCUT2D eigenvalue weighted by Gasteiger charge is -2.45. The molecule has 10 atom stereocenters. The summed E-state index contributed by atoms with van der Waals surface area (Å²) in [4.78, 5) is 14.2. The summed E-state index contributed by atoms with van der Waals surface area (Å²) in [6.07, 6.45) is -12.6. The first-order valence-electron chi connectivity index (χ1n) is 15.6. The molecule has 0 bridgehead atoms. The number of fused-ring (bicyclic) bond motifs is 1. The van der Waals surface area contributed by atoms with Gasteiger partial charge < -0.3 is 68.6 Å². The van der Waals surface area contributed by atoms with Crippen molar-refractivity contribution in [1.29, 1.82) is 0 Å². The van der Waals surface area contributed by atoms with Gasteiger partial charge in [-0.15, -0.1) is 0 Å². The van der Waals surface area contributed by atoms with Crippen LogP contribution in [0.4, 0.5) is 0 Å². The largest absolute Gasteiger partial charge is 0.507 e. The number of allylic oxidation sites excluding steroid dienone is 2. The van der Waals surface area contributed by atoms with Gasteiger partial charge in [0.2, 0.25) is 17.5 Å². The van der Waals surface area contributed by atoms with Crippen molar-refractivity contribution in [2.45, 2.75) is 95.5 Å². The van der Waals surface area contributed by atoms with Crippen LogP contribution < -0.4 is 19.6 Å². The van der Waals surface area contributed by atoms with Crippen LogP contribution >= 0.6 is 0 Å². The molecule has 2 aliphatic rings. The Morgan fingerprint density at radius 3 is 2.10 bits per heavy atom. The Balaban J connectivity index is 1.57. The number of hydrogen-bond donors (Lipinski definition) is 7. The van der Waals surface area contributed by atoms with Crippen molar-refractivity contribution in [2.24, 2.45) is 0 Å². The van der Waals surface area contributed by atoms with Crippen LogP contribution in [0, 0.1) is 0 Å². The summed E-state index contributed by atoms with van der Waals surface area (Å²) in [5.74, 6) is -1.11. The number of phenols is 2. The molecule has 0 saturated carbocycles. The smallest absolute Gasteiger partial charge is 0.239 e. The van der Waals surface area contributed by atoms with Crippen LogP contribution in [0.15, 0.2) is 45.1 Å². The van der Waals surface area contributed by atoms with Gasteiger partial charge in [-0.3, -0.25) is 4.79 Å². The lowest BCUT2D eigenvalue weighted by atomic mass is 9.97. The number of rotatable bonds is 9. The number of benzene rings is 2. The SMILES string of the molecule is COc1ccc(-c2oc3c(CC=C(C)C)c(OC)cc(O)c3c(=O)c2O[C@@H]2O[C@@H](C)[C@H](O[C@@H]3O[C@@H](C)[C@H](O)[C@@H](O)[C@@H]3O)[C@@H](O)[C@@H]2O)cc1O. The maximum Gasteiger partial charge on any atom is 0.239 e. The maximum absolute atomic E-state index is 14.2. The van der Waals surface area contributed by atoms with Gasteiger partial charge in [-0.2, -0.15) is 0 Å². The Morgan fingerprint density at radius 1 is 0.816 bits per heavy atom. The van der Waals surface area contributed by atoms with E-state index in [0.29, 0.717) is 5.56 Å². The Kier molecular flexibility index (Phi) is 10.8. The molecular formula is C34H42O15. The number of hydrogen-bond acceptors (Lipinski definition) is 15. The highest BCUT2D eigenvalue weighted by atomic mass is 16.7. The first kappa shape index (κ1) is 36.4. The van der Waals surface area contributed by atoms with Crippen LogP contribution in [0.5, 0.6) is 28.7 Å². The van der Waals surface area contributed by atoms with Crippen LogP contribution in [0.25, 0.3) is 22.3 Å². The number of aliphatic hydroxyl groups excluding tert-OH is 5. The predicted octanol–water partition coefficient (Wildman–Crippen LogP) is 1.46. The molecule has 15 heteroatoms. The fourth-order valence-corrected chi connectivity index (χ4v) is 5.86. The summed E-state index contributed by atoms with van der Waals surface area (Å²) in [5, 5.41) is 74.2. The molecule has 0 radical (unpaired) electrons. The van der Waals surface area contributed by atoms with Crippen molar-refractivity contribution in [3.8, 4) is 40.1 Å². The highest BCUT2D eigenvalue weighted by molar-refractivity contribution is 5.91. The average Bonchev–Trinajstić information content (AvgIpc) is 3.06. The molecule has 0 aliphatic carbocycles. The topological polar surface area (TPSA) is 227 Å². The van der Waals surface area contributed by atoms with Gasteiger partial charge in [-0.05, 0) is 52.3 Å². The highest BCUT2D eigenvalue weighted by Crippen LogP contribution is 2.42.